The number of benzene rings is 2. The van der Waals surface area contributed by atoms with Gasteiger partial charge in [-0.25, -0.2) is 4.98 Å². The van der Waals surface area contributed by atoms with Gasteiger partial charge in [0.05, 0.1) is 0 Å². The van der Waals surface area contributed by atoms with E-state index in [1.54, 1.807) is 6.92 Å². The van der Waals surface area contributed by atoms with Crippen molar-refractivity contribution in [2.24, 2.45) is 0 Å². The summed E-state index contributed by atoms with van der Waals surface area (Å²) in [5, 5.41) is 3.01. The van der Waals surface area contributed by atoms with Crippen molar-refractivity contribution in [2.45, 2.75) is 38.8 Å². The molecule has 0 radical (unpaired) electrons. The van der Waals surface area contributed by atoms with Crippen LogP contribution in [0.1, 0.15) is 31.7 Å². The van der Waals surface area contributed by atoms with E-state index in [1.165, 1.54) is 19.3 Å². The maximum Gasteiger partial charge on any atom is 0.261 e. The minimum absolute atomic E-state index is 0.138. The summed E-state index contributed by atoms with van der Waals surface area (Å²) in [4.78, 5) is 19.5. The third-order valence-electron chi connectivity index (χ3n) is 5.62. The molecule has 0 spiro atoms. The Labute approximate surface area is 184 Å². The van der Waals surface area contributed by atoms with Gasteiger partial charge in [-0.1, -0.05) is 48.5 Å². The molecule has 4 rings (SSSR count). The molecular formula is C26H29N3O2. The van der Waals surface area contributed by atoms with Crippen LogP contribution >= 0.6 is 0 Å². The predicted octanol–water partition coefficient (Wildman–Crippen LogP) is 4.82. The molecule has 1 N–H and O–H groups in total. The summed E-state index contributed by atoms with van der Waals surface area (Å²) in [5.41, 5.74) is 3.31. The standard InChI is InChI=1S/C26H29N3O2/c1-20(31-24-14-12-22(13-15-24)21-9-4-2-5-10-21)26(30)28-19-23-11-8-16-27-25(23)29-17-6-3-7-18-29/h2,4-5,8-16,20H,3,6-7,17-19H2,1H3,(H,28,30). The largest absolute Gasteiger partial charge is 0.481 e. The smallest absolute Gasteiger partial charge is 0.261 e. The van der Waals surface area contributed by atoms with Crippen LogP contribution in [0.3, 0.4) is 0 Å². The average Bonchev–Trinajstić information content (AvgIpc) is 2.84. The Balaban J connectivity index is 1.33. The van der Waals surface area contributed by atoms with Gasteiger partial charge in [0, 0.05) is 31.4 Å². The van der Waals surface area contributed by atoms with Crippen molar-refractivity contribution >= 4 is 11.7 Å². The Kier molecular flexibility index (Phi) is 6.82. The number of nitrogens with one attached hydrogen (secondary N) is 1. The minimum atomic E-state index is -0.585. The second kappa shape index (κ2) is 10.1. The van der Waals surface area contributed by atoms with Crippen molar-refractivity contribution in [3.8, 4) is 16.9 Å². The number of pyridine rings is 1. The Morgan fingerprint density at radius 2 is 1.68 bits per heavy atom. The first-order chi connectivity index (χ1) is 15.2. The third kappa shape index (κ3) is 5.43. The van der Waals surface area contributed by atoms with E-state index in [0.717, 1.165) is 35.6 Å². The number of amides is 1. The molecule has 1 saturated heterocycles. The molecule has 1 fully saturated rings. The van der Waals surface area contributed by atoms with Crippen LogP contribution in [0.15, 0.2) is 72.9 Å². The van der Waals surface area contributed by atoms with Crippen molar-refractivity contribution in [3.05, 3.63) is 78.5 Å². The van der Waals surface area contributed by atoms with Crippen LogP contribution in [-0.2, 0) is 11.3 Å². The first kappa shape index (κ1) is 20.9. The predicted molar refractivity (Wildman–Crippen MR) is 124 cm³/mol. The molecule has 1 amide bonds. The Hall–Kier alpha value is -3.34. The van der Waals surface area contributed by atoms with E-state index in [2.05, 4.69) is 27.3 Å². The summed E-state index contributed by atoms with van der Waals surface area (Å²) < 4.78 is 5.86. The molecule has 2 aromatic carbocycles. The highest BCUT2D eigenvalue weighted by Crippen LogP contribution is 2.23. The number of carbonyl (C=O) groups excluding carboxylic acids is 1. The van der Waals surface area contributed by atoms with Gasteiger partial charge in [0.2, 0.25) is 0 Å². The summed E-state index contributed by atoms with van der Waals surface area (Å²) in [6.07, 6.45) is 4.89. The number of nitrogens with zero attached hydrogens (tertiary/aromatic N) is 2. The lowest BCUT2D eigenvalue weighted by Crippen LogP contribution is -2.37. The Morgan fingerprint density at radius 1 is 0.968 bits per heavy atom. The van der Waals surface area contributed by atoms with E-state index in [1.807, 2.05) is 60.8 Å². The van der Waals surface area contributed by atoms with Crippen LogP contribution in [0, 0.1) is 0 Å². The molecule has 0 aliphatic carbocycles. The lowest BCUT2D eigenvalue weighted by molar-refractivity contribution is -0.127. The Bertz CT molecular complexity index is 983. The number of carbonyl (C=O) groups is 1. The molecule has 5 nitrogen and oxygen atoms in total. The quantitative estimate of drug-likeness (QED) is 0.601. The van der Waals surface area contributed by atoms with E-state index in [9.17, 15) is 4.79 Å². The number of anilines is 1. The van der Waals surface area contributed by atoms with Gasteiger partial charge in [0.15, 0.2) is 6.10 Å². The van der Waals surface area contributed by atoms with E-state index in [4.69, 9.17) is 4.74 Å². The summed E-state index contributed by atoms with van der Waals surface area (Å²) in [7, 11) is 0. The maximum absolute atomic E-state index is 12.6. The number of piperidine rings is 1. The molecule has 1 aliphatic rings. The van der Waals surface area contributed by atoms with E-state index in [0.29, 0.717) is 12.3 Å². The molecule has 1 aliphatic heterocycles. The van der Waals surface area contributed by atoms with Crippen molar-refractivity contribution in [1.29, 1.82) is 0 Å². The number of aromatic nitrogens is 1. The van der Waals surface area contributed by atoms with Crippen LogP contribution in [-0.4, -0.2) is 30.1 Å². The molecule has 1 unspecified atom stereocenters. The van der Waals surface area contributed by atoms with E-state index in [-0.39, 0.29) is 5.91 Å². The van der Waals surface area contributed by atoms with Crippen LogP contribution in [0.5, 0.6) is 5.75 Å². The fourth-order valence-electron chi connectivity index (χ4n) is 3.90. The maximum atomic E-state index is 12.6. The zero-order valence-electron chi connectivity index (χ0n) is 18.0. The van der Waals surface area contributed by atoms with Gasteiger partial charge in [-0.05, 0) is 55.5 Å². The van der Waals surface area contributed by atoms with Gasteiger partial charge in [-0.3, -0.25) is 4.79 Å². The van der Waals surface area contributed by atoms with Crippen LogP contribution in [0.4, 0.5) is 5.82 Å². The molecule has 0 bridgehead atoms. The van der Waals surface area contributed by atoms with E-state index >= 15 is 0 Å². The fraction of sp³-hybridized carbons (Fsp3) is 0.308. The normalized spacial score (nSPS) is 14.7. The zero-order chi connectivity index (χ0) is 21.5. The minimum Gasteiger partial charge on any atom is -0.481 e. The molecule has 0 saturated carbocycles. The van der Waals surface area contributed by atoms with Gasteiger partial charge in [-0.15, -0.1) is 0 Å². The highest BCUT2D eigenvalue weighted by molar-refractivity contribution is 5.80. The van der Waals surface area contributed by atoms with Gasteiger partial charge >= 0.3 is 0 Å². The molecule has 3 aromatic rings. The molecule has 31 heavy (non-hydrogen) atoms. The molecular weight excluding hydrogens is 386 g/mol. The van der Waals surface area contributed by atoms with Crippen molar-refractivity contribution in [2.75, 3.05) is 18.0 Å². The number of hydrogen-bond acceptors (Lipinski definition) is 4. The molecule has 1 atom stereocenters. The van der Waals surface area contributed by atoms with Crippen LogP contribution < -0.4 is 15.0 Å². The summed E-state index contributed by atoms with van der Waals surface area (Å²) in [6, 6.07) is 22.0. The van der Waals surface area contributed by atoms with Crippen LogP contribution in [0.25, 0.3) is 11.1 Å². The van der Waals surface area contributed by atoms with Gasteiger partial charge in [0.25, 0.3) is 5.91 Å². The van der Waals surface area contributed by atoms with Crippen molar-refractivity contribution in [3.63, 3.8) is 0 Å². The average molecular weight is 416 g/mol. The monoisotopic (exact) mass is 415 g/mol. The topological polar surface area (TPSA) is 54.5 Å². The molecule has 5 heteroatoms. The zero-order valence-corrected chi connectivity index (χ0v) is 18.0. The third-order valence-corrected chi connectivity index (χ3v) is 5.62. The highest BCUT2D eigenvalue weighted by atomic mass is 16.5. The fourth-order valence-corrected chi connectivity index (χ4v) is 3.90. The first-order valence-corrected chi connectivity index (χ1v) is 11.0. The van der Waals surface area contributed by atoms with E-state index < -0.39 is 6.10 Å². The van der Waals surface area contributed by atoms with Crippen molar-refractivity contribution < 1.29 is 9.53 Å². The number of rotatable bonds is 7. The highest BCUT2D eigenvalue weighted by Gasteiger charge is 2.18. The Morgan fingerprint density at radius 3 is 2.42 bits per heavy atom. The first-order valence-electron chi connectivity index (χ1n) is 11.0. The SMILES string of the molecule is CC(Oc1ccc(-c2ccccc2)cc1)C(=O)NCc1cccnc1N1CCCCC1. The lowest BCUT2D eigenvalue weighted by atomic mass is 10.1. The molecule has 2 heterocycles. The van der Waals surface area contributed by atoms with Gasteiger partial charge in [0.1, 0.15) is 11.6 Å². The summed E-state index contributed by atoms with van der Waals surface area (Å²) in [6.45, 7) is 4.27. The number of ether oxygens (including phenoxy) is 1. The second-order valence-electron chi connectivity index (χ2n) is 7.90. The molecule has 1 aromatic heterocycles. The van der Waals surface area contributed by atoms with Gasteiger partial charge in [-0.2, -0.15) is 0 Å². The summed E-state index contributed by atoms with van der Waals surface area (Å²) >= 11 is 0. The second-order valence-corrected chi connectivity index (χ2v) is 7.90. The van der Waals surface area contributed by atoms with Crippen molar-refractivity contribution in [1.82, 2.24) is 10.3 Å². The van der Waals surface area contributed by atoms with Gasteiger partial charge < -0.3 is 15.0 Å². The number of hydrogen-bond donors (Lipinski definition) is 1. The lowest BCUT2D eigenvalue weighted by Gasteiger charge is -2.29. The van der Waals surface area contributed by atoms with Crippen LogP contribution in [0.2, 0.25) is 0 Å². The summed E-state index contributed by atoms with van der Waals surface area (Å²) in [5.74, 6) is 1.52. The molecule has 160 valence electrons.